The highest BCUT2D eigenvalue weighted by Crippen LogP contribution is 2.39. The standard InChI is InChI=1S/C43H51N5O7S/c1-4-34(5-2)48(24-23-47(3)43(55)44-26-37(49)50)27-30-9-8-10-32(25-30)39(51)46-41-38(35-11-6-7-12-36(35)56-41)40(52)45-33-21-17-29(18-22-33)14-13-28-15-19-31(20-16-28)42(53)54/h8-10,15-22,25,34H,4-7,11-14,23-24,26-27H2,1-3H3,(H,44,55)(H,45,52)(H,46,51)(H,49,50)(H,53,54). The van der Waals surface area contributed by atoms with Gasteiger partial charge >= 0.3 is 18.0 Å². The number of amides is 4. The van der Waals surface area contributed by atoms with E-state index in [1.165, 1.54) is 16.2 Å². The molecule has 4 amide bonds. The molecule has 3 aromatic carbocycles. The van der Waals surface area contributed by atoms with Gasteiger partial charge in [0.15, 0.2) is 0 Å². The minimum atomic E-state index is -1.10. The molecule has 12 nitrogen and oxygen atoms in total. The first-order valence-corrected chi connectivity index (χ1v) is 20.0. The molecule has 0 atom stereocenters. The number of nitrogens with zero attached hydrogens (tertiary/aromatic N) is 2. The van der Waals surface area contributed by atoms with Crippen LogP contribution in [0.5, 0.6) is 0 Å². The summed E-state index contributed by atoms with van der Waals surface area (Å²) < 4.78 is 0. The lowest BCUT2D eigenvalue weighted by Crippen LogP contribution is -2.45. The summed E-state index contributed by atoms with van der Waals surface area (Å²) in [5.74, 6) is -2.61. The molecule has 0 bridgehead atoms. The average molecular weight is 782 g/mol. The molecule has 0 unspecified atom stereocenters. The van der Waals surface area contributed by atoms with Crippen LogP contribution in [0.4, 0.5) is 15.5 Å². The predicted octanol–water partition coefficient (Wildman–Crippen LogP) is 7.33. The van der Waals surface area contributed by atoms with Crippen molar-refractivity contribution in [3.05, 3.63) is 117 Å². The lowest BCUT2D eigenvalue weighted by molar-refractivity contribution is -0.135. The van der Waals surface area contributed by atoms with Gasteiger partial charge in [-0.3, -0.25) is 19.3 Å². The van der Waals surface area contributed by atoms with Gasteiger partial charge < -0.3 is 31.1 Å². The number of aliphatic carboxylic acids is 1. The van der Waals surface area contributed by atoms with Gasteiger partial charge in [-0.15, -0.1) is 11.3 Å². The number of fused-ring (bicyclic) bond motifs is 1. The molecule has 1 aromatic heterocycles. The number of carboxylic acid groups (broad SMARTS) is 2. The van der Waals surface area contributed by atoms with Crippen molar-refractivity contribution in [2.45, 2.75) is 77.8 Å². The summed E-state index contributed by atoms with van der Waals surface area (Å²) in [6.45, 7) is 5.30. The van der Waals surface area contributed by atoms with Crippen molar-refractivity contribution in [1.82, 2.24) is 15.1 Å². The summed E-state index contributed by atoms with van der Waals surface area (Å²) >= 11 is 1.47. The predicted molar refractivity (Wildman–Crippen MR) is 219 cm³/mol. The van der Waals surface area contributed by atoms with E-state index < -0.39 is 24.5 Å². The molecule has 5 N–H and O–H groups in total. The van der Waals surface area contributed by atoms with E-state index in [2.05, 4.69) is 34.7 Å². The number of rotatable bonds is 18. The summed E-state index contributed by atoms with van der Waals surface area (Å²) in [7, 11) is 1.64. The zero-order valence-electron chi connectivity index (χ0n) is 32.2. The highest BCUT2D eigenvalue weighted by Gasteiger charge is 2.27. The maximum Gasteiger partial charge on any atom is 0.335 e. The van der Waals surface area contributed by atoms with Crippen LogP contribution in [-0.4, -0.2) is 82.5 Å². The van der Waals surface area contributed by atoms with E-state index in [0.717, 1.165) is 78.5 Å². The van der Waals surface area contributed by atoms with Gasteiger partial charge in [-0.2, -0.15) is 0 Å². The fourth-order valence-corrected chi connectivity index (χ4v) is 8.31. The molecule has 5 rings (SSSR count). The van der Waals surface area contributed by atoms with Crippen LogP contribution in [0, 0.1) is 0 Å². The summed E-state index contributed by atoms with van der Waals surface area (Å²) in [6, 6.07) is 21.8. The van der Waals surface area contributed by atoms with Crippen LogP contribution in [0.25, 0.3) is 0 Å². The van der Waals surface area contributed by atoms with Crippen molar-refractivity contribution < 1.29 is 34.2 Å². The SMILES string of the molecule is CCC(CC)N(CCN(C)C(=O)NCC(=O)O)Cc1cccc(C(=O)Nc2sc3c(c2C(=O)Nc2ccc(CCc4ccc(C(=O)O)cc4)cc2)CCCC3)c1. The Morgan fingerprint density at radius 1 is 0.768 bits per heavy atom. The van der Waals surface area contributed by atoms with Gasteiger partial charge in [0.25, 0.3) is 11.8 Å². The smallest absolute Gasteiger partial charge is 0.335 e. The number of likely N-dealkylation sites (N-methyl/N-ethyl adjacent to an activating group) is 1. The van der Waals surface area contributed by atoms with Gasteiger partial charge in [0.05, 0.1) is 11.1 Å². The average Bonchev–Trinajstić information content (AvgIpc) is 3.57. The number of urea groups is 1. The van der Waals surface area contributed by atoms with Crippen LogP contribution in [-0.2, 0) is 37.0 Å². The second-order valence-electron chi connectivity index (χ2n) is 14.1. The third kappa shape index (κ3) is 11.3. The number of hydrogen-bond acceptors (Lipinski definition) is 7. The van der Waals surface area contributed by atoms with Crippen LogP contribution in [0.2, 0.25) is 0 Å². The first-order chi connectivity index (χ1) is 26.9. The molecule has 56 heavy (non-hydrogen) atoms. The second kappa shape index (κ2) is 19.9. The van der Waals surface area contributed by atoms with Crippen LogP contribution in [0.15, 0.2) is 72.8 Å². The van der Waals surface area contributed by atoms with Crippen LogP contribution in [0.3, 0.4) is 0 Å². The summed E-state index contributed by atoms with van der Waals surface area (Å²) in [5, 5.41) is 27.1. The summed E-state index contributed by atoms with van der Waals surface area (Å²) in [4.78, 5) is 67.0. The van der Waals surface area contributed by atoms with Gasteiger partial charge in [0.1, 0.15) is 11.5 Å². The van der Waals surface area contributed by atoms with E-state index in [0.29, 0.717) is 41.4 Å². The maximum absolute atomic E-state index is 13.9. The molecule has 0 saturated carbocycles. The van der Waals surface area contributed by atoms with Gasteiger partial charge in [-0.1, -0.05) is 50.2 Å². The van der Waals surface area contributed by atoms with Crippen LogP contribution < -0.4 is 16.0 Å². The summed E-state index contributed by atoms with van der Waals surface area (Å²) in [6.07, 6.45) is 6.96. The molecule has 296 valence electrons. The third-order valence-electron chi connectivity index (χ3n) is 10.2. The molecule has 1 heterocycles. The van der Waals surface area contributed by atoms with Crippen molar-refractivity contribution in [1.29, 1.82) is 0 Å². The molecule has 0 radical (unpaired) electrons. The molecule has 0 saturated heterocycles. The van der Waals surface area contributed by atoms with Crippen molar-refractivity contribution in [3.63, 3.8) is 0 Å². The molecule has 0 spiro atoms. The molecule has 13 heteroatoms. The van der Waals surface area contributed by atoms with Gasteiger partial charge in [-0.05, 0) is 110 Å². The van der Waals surface area contributed by atoms with Gasteiger partial charge in [-0.25, -0.2) is 9.59 Å². The number of thiophene rings is 1. The fourth-order valence-electron chi connectivity index (χ4n) is 7.03. The maximum atomic E-state index is 13.9. The Hall–Kier alpha value is -5.53. The zero-order valence-corrected chi connectivity index (χ0v) is 33.0. The number of aromatic carboxylic acids is 1. The molecule has 1 aliphatic rings. The zero-order chi connectivity index (χ0) is 40.2. The highest BCUT2D eigenvalue weighted by atomic mass is 32.1. The quantitative estimate of drug-likeness (QED) is 0.0700. The molecular formula is C43H51N5O7S. The number of anilines is 2. The Bertz CT molecular complexity index is 2010. The van der Waals surface area contributed by atoms with E-state index in [9.17, 15) is 24.0 Å². The normalized spacial score (nSPS) is 12.2. The Morgan fingerprint density at radius 3 is 2.07 bits per heavy atom. The largest absolute Gasteiger partial charge is 0.480 e. The lowest BCUT2D eigenvalue weighted by atomic mass is 9.95. The number of carbonyl (C=O) groups excluding carboxylic acids is 3. The van der Waals surface area contributed by atoms with Crippen LogP contribution in [0.1, 0.15) is 97.7 Å². The first-order valence-electron chi connectivity index (χ1n) is 19.2. The first kappa shape index (κ1) is 41.6. The number of nitrogens with one attached hydrogen (secondary N) is 3. The summed E-state index contributed by atoms with van der Waals surface area (Å²) in [5.41, 5.74) is 5.96. The number of benzene rings is 3. The topological polar surface area (TPSA) is 168 Å². The van der Waals surface area contributed by atoms with Crippen molar-refractivity contribution >= 4 is 51.8 Å². The van der Waals surface area contributed by atoms with E-state index in [1.807, 2.05) is 54.6 Å². The Morgan fingerprint density at radius 2 is 1.43 bits per heavy atom. The minimum Gasteiger partial charge on any atom is -0.480 e. The lowest BCUT2D eigenvalue weighted by Gasteiger charge is -2.32. The Kier molecular flexibility index (Phi) is 14.8. The van der Waals surface area contributed by atoms with Crippen molar-refractivity contribution in [3.8, 4) is 0 Å². The monoisotopic (exact) mass is 781 g/mol. The molecular weight excluding hydrogens is 731 g/mol. The molecule has 0 aliphatic heterocycles. The molecule has 1 aliphatic carbocycles. The van der Waals surface area contributed by atoms with E-state index >= 15 is 0 Å². The Labute approximate surface area is 331 Å². The van der Waals surface area contributed by atoms with E-state index in [-0.39, 0.29) is 23.4 Å². The van der Waals surface area contributed by atoms with E-state index in [4.69, 9.17) is 10.2 Å². The number of carboxylic acids is 2. The third-order valence-corrected chi connectivity index (χ3v) is 11.4. The number of hydrogen-bond donors (Lipinski definition) is 5. The molecule has 4 aromatic rings. The van der Waals surface area contributed by atoms with Crippen molar-refractivity contribution in [2.24, 2.45) is 0 Å². The Balaban J connectivity index is 1.25. The fraction of sp³-hybridized carbons (Fsp3) is 0.372. The minimum absolute atomic E-state index is 0.239. The number of carbonyl (C=O) groups is 5. The number of aryl methyl sites for hydroxylation is 3. The second-order valence-corrected chi connectivity index (χ2v) is 15.2. The van der Waals surface area contributed by atoms with Gasteiger partial charge in [0, 0.05) is 48.9 Å². The van der Waals surface area contributed by atoms with E-state index in [1.54, 1.807) is 25.2 Å². The molecule has 0 fully saturated rings. The van der Waals surface area contributed by atoms with Gasteiger partial charge in [0.2, 0.25) is 0 Å². The highest BCUT2D eigenvalue weighted by molar-refractivity contribution is 7.17. The van der Waals surface area contributed by atoms with Crippen molar-refractivity contribution in [2.75, 3.05) is 37.3 Å². The van der Waals surface area contributed by atoms with Crippen LogP contribution >= 0.6 is 11.3 Å².